The Morgan fingerprint density at radius 2 is 2.12 bits per heavy atom. The number of hydrogen-bond donors (Lipinski definition) is 1. The zero-order chi connectivity index (χ0) is 12.0. The van der Waals surface area contributed by atoms with E-state index in [1.54, 1.807) is 0 Å². The molecule has 0 aromatic carbocycles. The molecule has 3 rings (SSSR count). The maximum Gasteiger partial charge on any atom is 0.240 e. The van der Waals surface area contributed by atoms with Gasteiger partial charge >= 0.3 is 0 Å². The smallest absolute Gasteiger partial charge is 0.240 e. The van der Waals surface area contributed by atoms with E-state index in [1.807, 2.05) is 6.92 Å². The van der Waals surface area contributed by atoms with Crippen LogP contribution in [0, 0.1) is 11.3 Å². The van der Waals surface area contributed by atoms with Crippen molar-refractivity contribution in [2.45, 2.75) is 64.6 Å². The molecule has 2 unspecified atom stereocenters. The van der Waals surface area contributed by atoms with Gasteiger partial charge in [-0.1, -0.05) is 13.3 Å². The summed E-state index contributed by atoms with van der Waals surface area (Å²) < 4.78 is 0. The summed E-state index contributed by atoms with van der Waals surface area (Å²) in [5.41, 5.74) is 0.535. The fourth-order valence-electron chi connectivity index (χ4n) is 3.44. The lowest BCUT2D eigenvalue weighted by Gasteiger charge is -2.28. The van der Waals surface area contributed by atoms with Crippen LogP contribution in [0.2, 0.25) is 0 Å². The molecule has 0 spiro atoms. The average molecular weight is 236 g/mol. The molecule has 1 N–H and O–H groups in total. The van der Waals surface area contributed by atoms with Crippen molar-refractivity contribution < 1.29 is 4.79 Å². The van der Waals surface area contributed by atoms with Crippen LogP contribution in [-0.4, -0.2) is 29.6 Å². The van der Waals surface area contributed by atoms with Crippen LogP contribution in [0.1, 0.15) is 52.4 Å². The van der Waals surface area contributed by atoms with Gasteiger partial charge in [0.2, 0.25) is 5.91 Å². The molecule has 17 heavy (non-hydrogen) atoms. The summed E-state index contributed by atoms with van der Waals surface area (Å²) in [7, 11) is 0. The molecule has 2 saturated carbocycles. The van der Waals surface area contributed by atoms with Crippen molar-refractivity contribution in [2.24, 2.45) is 11.3 Å². The topological polar surface area (TPSA) is 32.3 Å². The zero-order valence-corrected chi connectivity index (χ0v) is 11.0. The van der Waals surface area contributed by atoms with E-state index >= 15 is 0 Å². The number of carbonyl (C=O) groups excluding carboxylic acids is 1. The third-order valence-electron chi connectivity index (χ3n) is 4.86. The highest BCUT2D eigenvalue weighted by molar-refractivity contribution is 5.84. The molecule has 3 heteroatoms. The minimum absolute atomic E-state index is 0.0292. The van der Waals surface area contributed by atoms with Crippen molar-refractivity contribution in [2.75, 3.05) is 6.54 Å². The molecule has 1 aliphatic heterocycles. The maximum atomic E-state index is 12.2. The van der Waals surface area contributed by atoms with Gasteiger partial charge in [0.15, 0.2) is 0 Å². The molecule has 1 saturated heterocycles. The predicted molar refractivity (Wildman–Crippen MR) is 67.4 cm³/mol. The first kappa shape index (κ1) is 11.5. The highest BCUT2D eigenvalue weighted by Crippen LogP contribution is 2.61. The molecular weight excluding hydrogens is 212 g/mol. The normalized spacial score (nSPS) is 35.4. The molecule has 96 valence electrons. The van der Waals surface area contributed by atoms with E-state index in [4.69, 9.17) is 0 Å². The van der Waals surface area contributed by atoms with Crippen LogP contribution in [-0.2, 0) is 4.79 Å². The van der Waals surface area contributed by atoms with Gasteiger partial charge in [-0.2, -0.15) is 0 Å². The Bertz CT molecular complexity index is 320. The summed E-state index contributed by atoms with van der Waals surface area (Å²) in [4.78, 5) is 14.4. The van der Waals surface area contributed by atoms with Gasteiger partial charge in [0, 0.05) is 6.54 Å². The van der Waals surface area contributed by atoms with Crippen LogP contribution in [0.25, 0.3) is 0 Å². The first-order chi connectivity index (χ1) is 8.16. The third kappa shape index (κ3) is 1.99. The maximum absolute atomic E-state index is 12.2. The third-order valence-corrected chi connectivity index (χ3v) is 4.86. The number of carbonyl (C=O) groups is 1. The summed E-state index contributed by atoms with van der Waals surface area (Å²) in [5, 5.41) is 3.44. The van der Waals surface area contributed by atoms with Crippen LogP contribution in [0.15, 0.2) is 0 Å². The Kier molecular flexibility index (Phi) is 2.69. The Labute approximate surface area is 104 Å². The summed E-state index contributed by atoms with van der Waals surface area (Å²) in [6, 6.07) is 0.0292. The lowest BCUT2D eigenvalue weighted by atomic mass is 9.99. The highest BCUT2D eigenvalue weighted by atomic mass is 16.2. The zero-order valence-electron chi connectivity index (χ0n) is 11.0. The van der Waals surface area contributed by atoms with Crippen molar-refractivity contribution >= 4 is 5.91 Å². The van der Waals surface area contributed by atoms with Gasteiger partial charge in [0.25, 0.3) is 0 Å². The van der Waals surface area contributed by atoms with Gasteiger partial charge in [-0.05, 0) is 50.4 Å². The summed E-state index contributed by atoms with van der Waals surface area (Å²) >= 11 is 0. The largest absolute Gasteiger partial charge is 0.325 e. The van der Waals surface area contributed by atoms with E-state index in [0.717, 1.165) is 25.3 Å². The fraction of sp³-hybridized carbons (Fsp3) is 0.929. The molecule has 2 aliphatic carbocycles. The standard InChI is InChI=1S/C14H24N2O/c1-3-4-12-15-10(2)13(17)16(12)9-14(7-8-14)11-5-6-11/h10-12,15H,3-9H2,1-2H3. The number of rotatable bonds is 5. The molecule has 0 aromatic rings. The van der Waals surface area contributed by atoms with Crippen molar-refractivity contribution in [3.05, 3.63) is 0 Å². The van der Waals surface area contributed by atoms with Crippen molar-refractivity contribution in [1.82, 2.24) is 10.2 Å². The lowest BCUT2D eigenvalue weighted by Crippen LogP contribution is -2.41. The van der Waals surface area contributed by atoms with Crippen LogP contribution in [0.3, 0.4) is 0 Å². The minimum Gasteiger partial charge on any atom is -0.325 e. The summed E-state index contributed by atoms with van der Waals surface area (Å²) in [6.45, 7) is 5.22. The van der Waals surface area contributed by atoms with Gasteiger partial charge in [-0.3, -0.25) is 10.1 Å². The van der Waals surface area contributed by atoms with E-state index in [9.17, 15) is 4.79 Å². The Morgan fingerprint density at radius 3 is 2.65 bits per heavy atom. The molecule has 2 atom stereocenters. The molecule has 3 nitrogen and oxygen atoms in total. The molecular formula is C14H24N2O. The molecule has 3 aliphatic rings. The van der Waals surface area contributed by atoms with Crippen LogP contribution in [0.4, 0.5) is 0 Å². The van der Waals surface area contributed by atoms with Crippen LogP contribution in [0.5, 0.6) is 0 Å². The summed E-state index contributed by atoms with van der Waals surface area (Å²) in [5.74, 6) is 1.27. The van der Waals surface area contributed by atoms with E-state index in [-0.39, 0.29) is 6.04 Å². The van der Waals surface area contributed by atoms with Crippen LogP contribution < -0.4 is 5.32 Å². The van der Waals surface area contributed by atoms with Gasteiger partial charge in [-0.15, -0.1) is 0 Å². The van der Waals surface area contributed by atoms with Gasteiger partial charge < -0.3 is 4.90 Å². The lowest BCUT2D eigenvalue weighted by molar-refractivity contribution is -0.130. The quantitative estimate of drug-likeness (QED) is 0.793. The molecule has 0 bridgehead atoms. The van der Waals surface area contributed by atoms with E-state index in [0.29, 0.717) is 17.5 Å². The van der Waals surface area contributed by atoms with Crippen molar-refractivity contribution in [3.8, 4) is 0 Å². The number of amides is 1. The monoisotopic (exact) mass is 236 g/mol. The van der Waals surface area contributed by atoms with Crippen molar-refractivity contribution in [1.29, 1.82) is 0 Å². The molecule has 0 radical (unpaired) electrons. The highest BCUT2D eigenvalue weighted by Gasteiger charge is 2.56. The Morgan fingerprint density at radius 1 is 1.41 bits per heavy atom. The number of hydrogen-bond acceptors (Lipinski definition) is 2. The van der Waals surface area contributed by atoms with E-state index in [2.05, 4.69) is 17.1 Å². The Hall–Kier alpha value is -0.570. The summed E-state index contributed by atoms with van der Waals surface area (Å²) in [6.07, 6.45) is 8.07. The number of nitrogens with zero attached hydrogens (tertiary/aromatic N) is 1. The van der Waals surface area contributed by atoms with E-state index < -0.39 is 0 Å². The predicted octanol–water partition coefficient (Wildman–Crippen LogP) is 2.12. The first-order valence-corrected chi connectivity index (χ1v) is 7.23. The van der Waals surface area contributed by atoms with E-state index in [1.165, 1.54) is 25.7 Å². The van der Waals surface area contributed by atoms with Gasteiger partial charge in [0.1, 0.15) is 0 Å². The molecule has 1 amide bonds. The van der Waals surface area contributed by atoms with Crippen LogP contribution >= 0.6 is 0 Å². The van der Waals surface area contributed by atoms with Gasteiger partial charge in [0.05, 0.1) is 12.2 Å². The minimum atomic E-state index is 0.0292. The van der Waals surface area contributed by atoms with Gasteiger partial charge in [-0.25, -0.2) is 0 Å². The average Bonchev–Trinajstić information content (AvgIpc) is 3.14. The molecule has 1 heterocycles. The Balaban J connectivity index is 1.68. The fourth-order valence-corrected chi connectivity index (χ4v) is 3.44. The second-order valence-corrected chi connectivity index (χ2v) is 6.30. The first-order valence-electron chi connectivity index (χ1n) is 7.23. The van der Waals surface area contributed by atoms with Crippen molar-refractivity contribution in [3.63, 3.8) is 0 Å². The SMILES string of the molecule is CCCC1NC(C)C(=O)N1CC1(C2CC2)CC1. The molecule has 0 aromatic heterocycles. The second-order valence-electron chi connectivity index (χ2n) is 6.30. The number of nitrogens with one attached hydrogen (secondary N) is 1. The molecule has 3 fully saturated rings. The second kappa shape index (κ2) is 3.98.